The molecule has 0 aliphatic rings. The van der Waals surface area contributed by atoms with E-state index in [1.807, 2.05) is 0 Å². The number of H-pyrrole nitrogens is 1. The number of rotatable bonds is 4. The van der Waals surface area contributed by atoms with Crippen LogP contribution >= 0.6 is 11.8 Å². The summed E-state index contributed by atoms with van der Waals surface area (Å²) in [5.74, 6) is -0.594. The molecule has 0 aliphatic carbocycles. The van der Waals surface area contributed by atoms with E-state index in [-0.39, 0.29) is 28.6 Å². The number of carbonyl (C=O) groups excluding carboxylic acids is 1. The van der Waals surface area contributed by atoms with Gasteiger partial charge in [0, 0.05) is 12.7 Å². The number of halogens is 1. The lowest BCUT2D eigenvalue weighted by molar-refractivity contribution is -0.113. The van der Waals surface area contributed by atoms with Crippen molar-refractivity contribution in [2.75, 3.05) is 11.1 Å². The summed E-state index contributed by atoms with van der Waals surface area (Å²) in [5, 5.41) is 3.12. The third-order valence-electron chi connectivity index (χ3n) is 3.41. The number of aryl methyl sites for hydroxylation is 2. The Labute approximate surface area is 140 Å². The van der Waals surface area contributed by atoms with Crippen molar-refractivity contribution in [3.63, 3.8) is 0 Å². The second-order valence-electron chi connectivity index (χ2n) is 5.16. The number of nitrogens with one attached hydrogen (secondary N) is 2. The largest absolute Gasteiger partial charge is 0.325 e. The number of nitrogens with zero attached hydrogens (tertiary/aromatic N) is 3. The van der Waals surface area contributed by atoms with Gasteiger partial charge in [0.05, 0.1) is 12.1 Å². The van der Waals surface area contributed by atoms with E-state index in [4.69, 9.17) is 0 Å². The number of aromatic nitrogens is 4. The number of carbonyl (C=O) groups is 1. The fourth-order valence-electron chi connectivity index (χ4n) is 2.12. The predicted molar refractivity (Wildman–Crippen MR) is 89.6 cm³/mol. The van der Waals surface area contributed by atoms with Crippen LogP contribution in [-0.2, 0) is 11.8 Å². The number of hydrogen-bond acceptors (Lipinski definition) is 5. The number of fused-ring (bicyclic) bond motifs is 1. The average molecular weight is 347 g/mol. The van der Waals surface area contributed by atoms with Crippen LogP contribution in [0, 0.1) is 12.7 Å². The summed E-state index contributed by atoms with van der Waals surface area (Å²) in [6, 6.07) is 4.51. The Kier molecular flexibility index (Phi) is 4.34. The monoisotopic (exact) mass is 347 g/mol. The molecule has 0 atom stereocenters. The Morgan fingerprint density at radius 2 is 2.25 bits per heavy atom. The van der Waals surface area contributed by atoms with Crippen LogP contribution in [-0.4, -0.2) is 31.2 Å². The maximum absolute atomic E-state index is 13.5. The Morgan fingerprint density at radius 1 is 1.46 bits per heavy atom. The first-order valence-corrected chi connectivity index (χ1v) is 8.03. The maximum atomic E-state index is 13.5. The molecule has 0 bridgehead atoms. The topological polar surface area (TPSA) is 92.7 Å². The highest BCUT2D eigenvalue weighted by Crippen LogP contribution is 2.20. The van der Waals surface area contributed by atoms with E-state index in [9.17, 15) is 14.0 Å². The van der Waals surface area contributed by atoms with Crippen molar-refractivity contribution in [3.8, 4) is 0 Å². The fraction of sp³-hybridized carbons (Fsp3) is 0.200. The molecule has 7 nitrogen and oxygen atoms in total. The average Bonchev–Trinajstić information content (AvgIpc) is 2.87. The van der Waals surface area contributed by atoms with Gasteiger partial charge >= 0.3 is 0 Å². The molecule has 0 spiro atoms. The van der Waals surface area contributed by atoms with Crippen molar-refractivity contribution >= 4 is 34.5 Å². The van der Waals surface area contributed by atoms with E-state index in [1.54, 1.807) is 30.7 Å². The summed E-state index contributed by atoms with van der Waals surface area (Å²) in [7, 11) is 1.72. The summed E-state index contributed by atoms with van der Waals surface area (Å²) >= 11 is 1.17. The molecule has 124 valence electrons. The minimum absolute atomic E-state index is 0.0740. The summed E-state index contributed by atoms with van der Waals surface area (Å²) in [6.07, 6.45) is 1.30. The first-order chi connectivity index (χ1) is 11.5. The molecule has 2 aromatic heterocycles. The Bertz CT molecular complexity index is 982. The highest BCUT2D eigenvalue weighted by Gasteiger charge is 2.14. The molecule has 1 amide bonds. The third kappa shape index (κ3) is 3.16. The molecule has 2 heterocycles. The molecule has 9 heteroatoms. The molecule has 0 fully saturated rings. The molecule has 0 saturated carbocycles. The number of imidazole rings is 1. The lowest BCUT2D eigenvalue weighted by Gasteiger charge is -2.06. The molecule has 3 rings (SSSR count). The highest BCUT2D eigenvalue weighted by atomic mass is 32.2. The van der Waals surface area contributed by atoms with Crippen molar-refractivity contribution in [2.24, 2.45) is 7.05 Å². The van der Waals surface area contributed by atoms with Crippen LogP contribution in [0.4, 0.5) is 10.1 Å². The van der Waals surface area contributed by atoms with E-state index >= 15 is 0 Å². The van der Waals surface area contributed by atoms with Crippen LogP contribution in [0.25, 0.3) is 11.2 Å². The van der Waals surface area contributed by atoms with Crippen LogP contribution in [0.15, 0.2) is 34.5 Å². The zero-order chi connectivity index (χ0) is 17.3. The molecule has 2 N–H and O–H groups in total. The van der Waals surface area contributed by atoms with Crippen LogP contribution < -0.4 is 10.9 Å². The third-order valence-corrected chi connectivity index (χ3v) is 4.44. The minimum atomic E-state index is -0.374. The van der Waals surface area contributed by atoms with Gasteiger partial charge in [-0.15, -0.1) is 0 Å². The number of benzene rings is 1. The zero-order valence-corrected chi connectivity index (χ0v) is 13.8. The first-order valence-electron chi connectivity index (χ1n) is 7.04. The van der Waals surface area contributed by atoms with Crippen LogP contribution in [0.2, 0.25) is 0 Å². The predicted octanol–water partition coefficient (Wildman–Crippen LogP) is 1.83. The lowest BCUT2D eigenvalue weighted by atomic mass is 10.2. The normalized spacial score (nSPS) is 11.0. The summed E-state index contributed by atoms with van der Waals surface area (Å²) in [6.45, 7) is 1.65. The van der Waals surface area contributed by atoms with Gasteiger partial charge in [-0.2, -0.15) is 0 Å². The van der Waals surface area contributed by atoms with Gasteiger partial charge in [-0.05, 0) is 24.6 Å². The highest BCUT2D eigenvalue weighted by molar-refractivity contribution is 7.99. The molecular weight excluding hydrogens is 333 g/mol. The van der Waals surface area contributed by atoms with E-state index in [2.05, 4.69) is 20.3 Å². The number of amides is 1. The standard InChI is InChI=1S/C15H14FN5O2S/c1-8-3-4-9(5-10(8)16)19-11(22)6-24-15-20-12-13(21(15)2)17-7-18-14(12)23/h3-5,7H,6H2,1-2H3,(H,19,22)(H,17,18,23). The van der Waals surface area contributed by atoms with Crippen molar-refractivity contribution in [2.45, 2.75) is 12.1 Å². The van der Waals surface area contributed by atoms with Gasteiger partial charge in [0.25, 0.3) is 5.56 Å². The zero-order valence-electron chi connectivity index (χ0n) is 13.0. The van der Waals surface area contributed by atoms with Crippen LogP contribution in [0.5, 0.6) is 0 Å². The Hall–Kier alpha value is -2.68. The maximum Gasteiger partial charge on any atom is 0.278 e. The lowest BCUT2D eigenvalue weighted by Crippen LogP contribution is -2.14. The Morgan fingerprint density at radius 3 is 2.96 bits per heavy atom. The second-order valence-corrected chi connectivity index (χ2v) is 6.10. The van der Waals surface area contributed by atoms with Gasteiger partial charge < -0.3 is 14.9 Å². The molecule has 1 aromatic carbocycles. The van der Waals surface area contributed by atoms with Crippen LogP contribution in [0.3, 0.4) is 0 Å². The van der Waals surface area contributed by atoms with Gasteiger partial charge in [0.15, 0.2) is 16.3 Å². The summed E-state index contributed by atoms with van der Waals surface area (Å²) in [5.41, 5.74) is 1.25. The number of hydrogen-bond donors (Lipinski definition) is 2. The van der Waals surface area contributed by atoms with Gasteiger partial charge in [0.1, 0.15) is 5.82 Å². The van der Waals surface area contributed by atoms with E-state index in [0.29, 0.717) is 22.1 Å². The number of anilines is 1. The van der Waals surface area contributed by atoms with Crippen molar-refractivity contribution in [3.05, 3.63) is 46.3 Å². The molecule has 24 heavy (non-hydrogen) atoms. The van der Waals surface area contributed by atoms with Crippen molar-refractivity contribution in [1.29, 1.82) is 0 Å². The molecule has 3 aromatic rings. The first kappa shape index (κ1) is 16.2. The van der Waals surface area contributed by atoms with E-state index in [1.165, 1.54) is 24.2 Å². The second kappa shape index (κ2) is 6.44. The summed E-state index contributed by atoms with van der Waals surface area (Å²) < 4.78 is 15.1. The van der Waals surface area contributed by atoms with Gasteiger partial charge in [-0.3, -0.25) is 9.59 Å². The fourth-order valence-corrected chi connectivity index (χ4v) is 2.89. The minimum Gasteiger partial charge on any atom is -0.325 e. The van der Waals surface area contributed by atoms with E-state index in [0.717, 1.165) is 0 Å². The van der Waals surface area contributed by atoms with Crippen LogP contribution in [0.1, 0.15) is 5.56 Å². The van der Waals surface area contributed by atoms with Gasteiger partial charge in [-0.25, -0.2) is 14.4 Å². The quantitative estimate of drug-likeness (QED) is 0.703. The van der Waals surface area contributed by atoms with E-state index < -0.39 is 0 Å². The number of thioether (sulfide) groups is 1. The smallest absolute Gasteiger partial charge is 0.278 e. The summed E-state index contributed by atoms with van der Waals surface area (Å²) in [4.78, 5) is 34.4. The SMILES string of the molecule is Cc1ccc(NC(=O)CSc2nc3c(=O)[nH]cnc3n2C)cc1F. The molecule has 0 radical (unpaired) electrons. The van der Waals surface area contributed by atoms with Gasteiger partial charge in [0.2, 0.25) is 5.91 Å². The Balaban J connectivity index is 1.70. The molecular formula is C15H14FN5O2S. The number of aromatic amines is 1. The van der Waals surface area contributed by atoms with Crippen molar-refractivity contribution < 1.29 is 9.18 Å². The van der Waals surface area contributed by atoms with Gasteiger partial charge in [-0.1, -0.05) is 17.8 Å². The molecule has 0 aliphatic heterocycles. The molecule has 0 saturated heterocycles. The van der Waals surface area contributed by atoms with Crippen molar-refractivity contribution in [1.82, 2.24) is 19.5 Å². The molecule has 0 unspecified atom stereocenters.